The van der Waals surface area contributed by atoms with Gasteiger partial charge < -0.3 is 10.3 Å². The van der Waals surface area contributed by atoms with Gasteiger partial charge in [-0.05, 0) is 38.0 Å². The summed E-state index contributed by atoms with van der Waals surface area (Å²) in [4.78, 5) is 15.1. The van der Waals surface area contributed by atoms with Crippen molar-refractivity contribution < 1.29 is 9.35 Å². The quantitative estimate of drug-likeness (QED) is 0.809. The minimum Gasteiger partial charge on any atom is -0.597 e. The van der Waals surface area contributed by atoms with Gasteiger partial charge >= 0.3 is 0 Å². The van der Waals surface area contributed by atoms with E-state index in [9.17, 15) is 9.35 Å². The van der Waals surface area contributed by atoms with Gasteiger partial charge in [0.25, 0.3) is 5.91 Å². The minimum absolute atomic E-state index is 0.261. The van der Waals surface area contributed by atoms with Crippen LogP contribution in [0.2, 0.25) is 0 Å². The van der Waals surface area contributed by atoms with Crippen LogP contribution in [0, 0.1) is 0 Å². The summed E-state index contributed by atoms with van der Waals surface area (Å²) in [5.74, 6) is -0.534. The van der Waals surface area contributed by atoms with Crippen molar-refractivity contribution in [3.63, 3.8) is 0 Å². The molecule has 0 bridgehead atoms. The van der Waals surface area contributed by atoms with E-state index < -0.39 is 17.3 Å². The van der Waals surface area contributed by atoms with Crippen LogP contribution in [0.3, 0.4) is 0 Å². The summed E-state index contributed by atoms with van der Waals surface area (Å²) in [5, 5.41) is 0. The summed E-state index contributed by atoms with van der Waals surface area (Å²) in [6.45, 7) is 7.00. The SMILES string of the molecule is CC(C)(C)[S@@+]([O-])N1Cc2cnc(C(N)=O)cc2C1. The number of pyridine rings is 1. The molecule has 18 heavy (non-hydrogen) atoms. The molecule has 0 aliphatic carbocycles. The first-order valence-electron chi connectivity index (χ1n) is 5.73. The molecule has 6 heteroatoms. The van der Waals surface area contributed by atoms with Gasteiger partial charge in [0, 0.05) is 17.6 Å². The standard InChI is InChI=1S/C12H17N3O2S/c1-12(2,3)18(17)15-6-8-4-10(11(13)16)14-5-9(8)7-15/h4-5H,6-7H2,1-3H3,(H2,13,16)/t18-/m1/s1. The number of amides is 1. The summed E-state index contributed by atoms with van der Waals surface area (Å²) in [5.41, 5.74) is 7.45. The number of hydrogen-bond donors (Lipinski definition) is 1. The molecular formula is C12H17N3O2S. The Hall–Kier alpha value is -1.11. The highest BCUT2D eigenvalue weighted by atomic mass is 32.2. The van der Waals surface area contributed by atoms with Gasteiger partial charge in [-0.2, -0.15) is 0 Å². The lowest BCUT2D eigenvalue weighted by atomic mass is 10.1. The molecule has 2 N–H and O–H groups in total. The topological polar surface area (TPSA) is 82.3 Å². The molecule has 0 fully saturated rings. The van der Waals surface area contributed by atoms with Gasteiger partial charge in [-0.15, -0.1) is 4.31 Å². The van der Waals surface area contributed by atoms with Crippen LogP contribution in [0.15, 0.2) is 12.3 Å². The molecule has 0 aromatic carbocycles. The maximum absolute atomic E-state index is 12.3. The molecule has 2 rings (SSSR count). The monoisotopic (exact) mass is 267 g/mol. The third-order valence-corrected chi connectivity index (χ3v) is 4.56. The first-order valence-corrected chi connectivity index (χ1v) is 6.84. The molecule has 1 atom stereocenters. The van der Waals surface area contributed by atoms with E-state index in [1.165, 1.54) is 0 Å². The lowest BCUT2D eigenvalue weighted by Gasteiger charge is -2.29. The lowest BCUT2D eigenvalue weighted by Crippen LogP contribution is -2.40. The van der Waals surface area contributed by atoms with E-state index >= 15 is 0 Å². The summed E-state index contributed by atoms with van der Waals surface area (Å²) < 4.78 is 13.9. The minimum atomic E-state index is -1.07. The van der Waals surface area contributed by atoms with Crippen molar-refractivity contribution in [1.82, 2.24) is 9.29 Å². The van der Waals surface area contributed by atoms with Crippen LogP contribution < -0.4 is 5.73 Å². The molecule has 0 spiro atoms. The third-order valence-electron chi connectivity index (χ3n) is 2.79. The molecule has 98 valence electrons. The van der Waals surface area contributed by atoms with Crippen LogP contribution in [0.25, 0.3) is 0 Å². The van der Waals surface area contributed by atoms with Crippen LogP contribution in [0.1, 0.15) is 42.4 Å². The van der Waals surface area contributed by atoms with Gasteiger partial charge in [-0.1, -0.05) is 0 Å². The number of carbonyl (C=O) groups is 1. The first kappa shape index (κ1) is 13.3. The Morgan fingerprint density at radius 2 is 2.06 bits per heavy atom. The molecule has 2 heterocycles. The third kappa shape index (κ3) is 2.50. The maximum atomic E-state index is 12.3. The summed E-state index contributed by atoms with van der Waals surface area (Å²) in [6, 6.07) is 1.69. The van der Waals surface area contributed by atoms with Crippen molar-refractivity contribution in [3.8, 4) is 0 Å². The van der Waals surface area contributed by atoms with E-state index in [0.29, 0.717) is 13.1 Å². The van der Waals surface area contributed by atoms with Crippen LogP contribution in [-0.4, -0.2) is 24.5 Å². The highest BCUT2D eigenvalue weighted by molar-refractivity contribution is 7.90. The molecule has 0 radical (unpaired) electrons. The Balaban J connectivity index is 2.20. The van der Waals surface area contributed by atoms with Crippen LogP contribution in [0.4, 0.5) is 0 Å². The van der Waals surface area contributed by atoms with E-state index in [1.54, 1.807) is 12.3 Å². The first-order chi connectivity index (χ1) is 8.29. The van der Waals surface area contributed by atoms with E-state index in [2.05, 4.69) is 4.98 Å². The number of hydrogen-bond acceptors (Lipinski definition) is 4. The zero-order chi connectivity index (χ0) is 13.5. The molecule has 1 aliphatic heterocycles. The van der Waals surface area contributed by atoms with Crippen molar-refractivity contribution in [2.45, 2.75) is 38.6 Å². The fraction of sp³-hybridized carbons (Fsp3) is 0.500. The summed E-state index contributed by atoms with van der Waals surface area (Å²) in [7, 11) is 0. The second kappa shape index (κ2) is 4.53. The largest absolute Gasteiger partial charge is 0.597 e. The number of fused-ring (bicyclic) bond motifs is 1. The molecular weight excluding hydrogens is 250 g/mol. The Labute approximate surface area is 110 Å². The molecule has 1 amide bonds. The van der Waals surface area contributed by atoms with Crippen molar-refractivity contribution in [1.29, 1.82) is 0 Å². The summed E-state index contributed by atoms with van der Waals surface area (Å²) >= 11 is -1.07. The van der Waals surface area contributed by atoms with Gasteiger partial charge in [0.05, 0.1) is 13.1 Å². The molecule has 1 aromatic heterocycles. The highest BCUT2D eigenvalue weighted by Gasteiger charge is 2.37. The maximum Gasteiger partial charge on any atom is 0.267 e. The van der Waals surface area contributed by atoms with Crippen LogP contribution >= 0.6 is 0 Å². The fourth-order valence-electron chi connectivity index (χ4n) is 1.89. The Bertz CT molecular complexity index is 485. The second-order valence-electron chi connectivity index (χ2n) is 5.36. The van der Waals surface area contributed by atoms with Gasteiger partial charge in [-0.25, -0.2) is 0 Å². The van der Waals surface area contributed by atoms with Gasteiger partial charge in [0.15, 0.2) is 0 Å². The Kier molecular flexibility index (Phi) is 3.35. The van der Waals surface area contributed by atoms with Crippen LogP contribution in [-0.2, 0) is 24.5 Å². The second-order valence-corrected chi connectivity index (χ2v) is 7.60. The van der Waals surface area contributed by atoms with Crippen LogP contribution in [0.5, 0.6) is 0 Å². The number of nitrogens with zero attached hydrogens (tertiary/aromatic N) is 2. The smallest absolute Gasteiger partial charge is 0.267 e. The Morgan fingerprint density at radius 3 is 2.61 bits per heavy atom. The predicted octanol–water partition coefficient (Wildman–Crippen LogP) is 0.958. The normalized spacial score (nSPS) is 17.6. The number of primary amides is 1. The van der Waals surface area contributed by atoms with Gasteiger partial charge in [0.1, 0.15) is 10.4 Å². The van der Waals surface area contributed by atoms with E-state index in [-0.39, 0.29) is 10.4 Å². The van der Waals surface area contributed by atoms with Gasteiger partial charge in [-0.3, -0.25) is 9.78 Å². The molecule has 0 unspecified atom stereocenters. The van der Waals surface area contributed by atoms with Crippen molar-refractivity contribution >= 4 is 17.3 Å². The average molecular weight is 267 g/mol. The van der Waals surface area contributed by atoms with E-state index in [4.69, 9.17) is 5.73 Å². The highest BCUT2D eigenvalue weighted by Crippen LogP contribution is 2.30. The number of nitrogens with two attached hydrogens (primary N) is 1. The molecule has 1 aromatic rings. The Morgan fingerprint density at radius 1 is 1.44 bits per heavy atom. The average Bonchev–Trinajstić information content (AvgIpc) is 2.68. The number of carbonyl (C=O) groups excluding carboxylic acids is 1. The number of aromatic nitrogens is 1. The zero-order valence-electron chi connectivity index (χ0n) is 10.8. The summed E-state index contributed by atoms with van der Waals surface area (Å²) in [6.07, 6.45) is 1.65. The van der Waals surface area contributed by atoms with Crippen molar-refractivity contribution in [2.75, 3.05) is 0 Å². The lowest BCUT2D eigenvalue weighted by molar-refractivity contribution is 0.0995. The zero-order valence-corrected chi connectivity index (χ0v) is 11.6. The number of rotatable bonds is 2. The molecule has 5 nitrogen and oxygen atoms in total. The van der Waals surface area contributed by atoms with Crippen molar-refractivity contribution in [2.24, 2.45) is 5.73 Å². The van der Waals surface area contributed by atoms with E-state index in [1.807, 2.05) is 25.1 Å². The van der Waals surface area contributed by atoms with E-state index in [0.717, 1.165) is 11.1 Å². The van der Waals surface area contributed by atoms with Gasteiger partial charge in [0.2, 0.25) is 0 Å². The molecule has 0 saturated heterocycles. The predicted molar refractivity (Wildman–Crippen MR) is 69.9 cm³/mol. The van der Waals surface area contributed by atoms with Crippen molar-refractivity contribution in [3.05, 3.63) is 29.1 Å². The molecule has 1 aliphatic rings. The molecule has 0 saturated carbocycles. The fourth-order valence-corrected chi connectivity index (χ4v) is 3.18.